The Bertz CT molecular complexity index is 660. The van der Waals surface area contributed by atoms with Crippen molar-refractivity contribution in [3.63, 3.8) is 0 Å². The maximum atomic E-state index is 12.0. The lowest BCUT2D eigenvalue weighted by molar-refractivity contribution is -0.00657. The van der Waals surface area contributed by atoms with Crippen LogP contribution in [-0.4, -0.2) is 74.4 Å². The van der Waals surface area contributed by atoms with Gasteiger partial charge >= 0.3 is 6.09 Å². The second-order valence-electron chi connectivity index (χ2n) is 8.47. The first-order valence-electron chi connectivity index (χ1n) is 9.64. The number of methoxy groups -OCH3 is 1. The summed E-state index contributed by atoms with van der Waals surface area (Å²) in [7, 11) is 1.65. The highest BCUT2D eigenvalue weighted by atomic mass is 16.6. The third kappa shape index (κ3) is 4.97. The summed E-state index contributed by atoms with van der Waals surface area (Å²) in [6.07, 6.45) is -0.194. The molecule has 0 saturated carbocycles. The van der Waals surface area contributed by atoms with Crippen molar-refractivity contribution in [3.8, 4) is 5.75 Å². The molecule has 3 rings (SSSR count). The smallest absolute Gasteiger partial charge is 0.410 e. The molecule has 0 atom stereocenters. The first-order valence-corrected chi connectivity index (χ1v) is 9.64. The van der Waals surface area contributed by atoms with Crippen LogP contribution in [0.2, 0.25) is 0 Å². The minimum absolute atomic E-state index is 0.194. The van der Waals surface area contributed by atoms with Gasteiger partial charge in [-0.1, -0.05) is 0 Å². The van der Waals surface area contributed by atoms with E-state index in [4.69, 9.17) is 15.2 Å². The van der Waals surface area contributed by atoms with Crippen molar-refractivity contribution < 1.29 is 14.3 Å². The number of hydrogen-bond acceptors (Lipinski definition) is 6. The van der Waals surface area contributed by atoms with Gasteiger partial charge in [-0.2, -0.15) is 0 Å². The third-order valence-corrected chi connectivity index (χ3v) is 5.08. The number of nitrogens with zero attached hydrogens (tertiary/aromatic N) is 3. The van der Waals surface area contributed by atoms with Gasteiger partial charge < -0.3 is 25.0 Å². The summed E-state index contributed by atoms with van der Waals surface area (Å²) in [4.78, 5) is 18.7. The van der Waals surface area contributed by atoms with Gasteiger partial charge in [0, 0.05) is 63.5 Å². The molecule has 0 bridgehead atoms. The van der Waals surface area contributed by atoms with E-state index in [2.05, 4.69) is 15.9 Å². The van der Waals surface area contributed by atoms with Gasteiger partial charge in [0.05, 0.1) is 12.8 Å². The molecule has 1 aromatic rings. The number of benzene rings is 1. The minimum Gasteiger partial charge on any atom is -0.495 e. The molecule has 7 heteroatoms. The van der Waals surface area contributed by atoms with Gasteiger partial charge in [-0.3, -0.25) is 4.90 Å². The lowest BCUT2D eigenvalue weighted by Crippen LogP contribution is -2.57. The van der Waals surface area contributed by atoms with E-state index in [0.717, 1.165) is 57.3 Å². The second kappa shape index (κ2) is 7.84. The molecule has 0 aromatic heterocycles. The standard InChI is InChI=1S/C20H32N4O3/c1-20(2,3)27-19(25)24-13-15(14-24)12-22-7-9-23(10-8-22)16-5-6-17(21)18(11-16)26-4/h5-6,11,15H,7-10,12-14,21H2,1-4H3. The SMILES string of the molecule is COc1cc(N2CCN(CC3CN(C(=O)OC(C)(C)C)C3)CC2)ccc1N. The van der Waals surface area contributed by atoms with E-state index >= 15 is 0 Å². The van der Waals surface area contributed by atoms with Crippen LogP contribution in [0.25, 0.3) is 0 Å². The maximum absolute atomic E-state index is 12.0. The van der Waals surface area contributed by atoms with E-state index in [9.17, 15) is 4.79 Å². The summed E-state index contributed by atoms with van der Waals surface area (Å²) in [5.41, 5.74) is 7.30. The molecule has 2 N–H and O–H groups in total. The molecule has 1 amide bonds. The van der Waals surface area contributed by atoms with Crippen molar-refractivity contribution >= 4 is 17.5 Å². The topological polar surface area (TPSA) is 71.3 Å². The number of carbonyl (C=O) groups excluding carboxylic acids is 1. The summed E-state index contributed by atoms with van der Waals surface area (Å²) in [5.74, 6) is 1.27. The van der Waals surface area contributed by atoms with Gasteiger partial charge in [0.25, 0.3) is 0 Å². The molecule has 0 radical (unpaired) electrons. The van der Waals surface area contributed by atoms with Crippen LogP contribution < -0.4 is 15.4 Å². The van der Waals surface area contributed by atoms with Crippen LogP contribution in [0.15, 0.2) is 18.2 Å². The number of rotatable bonds is 4. The lowest BCUT2D eigenvalue weighted by atomic mass is 10.00. The highest BCUT2D eigenvalue weighted by molar-refractivity contribution is 5.69. The van der Waals surface area contributed by atoms with E-state index in [-0.39, 0.29) is 6.09 Å². The predicted octanol–water partition coefficient (Wildman–Crippen LogP) is 2.27. The van der Waals surface area contributed by atoms with Gasteiger partial charge in [-0.15, -0.1) is 0 Å². The van der Waals surface area contributed by atoms with Crippen molar-refractivity contribution in [2.45, 2.75) is 26.4 Å². The summed E-state index contributed by atoms with van der Waals surface area (Å²) in [6.45, 7) is 12.3. The van der Waals surface area contributed by atoms with Crippen LogP contribution in [0.1, 0.15) is 20.8 Å². The van der Waals surface area contributed by atoms with Crippen molar-refractivity contribution in [2.75, 3.05) is 63.6 Å². The molecule has 2 saturated heterocycles. The normalized spacial score (nSPS) is 19.0. The number of likely N-dealkylation sites (tertiary alicyclic amines) is 1. The van der Waals surface area contributed by atoms with Crippen molar-refractivity contribution in [1.29, 1.82) is 0 Å². The number of carbonyl (C=O) groups is 1. The summed E-state index contributed by atoms with van der Waals surface area (Å²) in [6, 6.07) is 5.97. The summed E-state index contributed by atoms with van der Waals surface area (Å²) in [5, 5.41) is 0. The van der Waals surface area contributed by atoms with Crippen LogP contribution >= 0.6 is 0 Å². The minimum atomic E-state index is -0.427. The number of anilines is 2. The fraction of sp³-hybridized carbons (Fsp3) is 0.650. The molecule has 2 aliphatic heterocycles. The van der Waals surface area contributed by atoms with E-state index < -0.39 is 5.60 Å². The van der Waals surface area contributed by atoms with Crippen molar-refractivity contribution in [3.05, 3.63) is 18.2 Å². The zero-order valence-corrected chi connectivity index (χ0v) is 16.9. The quantitative estimate of drug-likeness (QED) is 0.813. The fourth-order valence-electron chi connectivity index (χ4n) is 3.61. The number of amides is 1. The average Bonchev–Trinajstić information content (AvgIpc) is 2.57. The molecule has 150 valence electrons. The van der Waals surface area contributed by atoms with Gasteiger partial charge in [-0.25, -0.2) is 4.79 Å². The Labute approximate surface area is 162 Å². The van der Waals surface area contributed by atoms with Crippen LogP contribution in [0, 0.1) is 5.92 Å². The van der Waals surface area contributed by atoms with Crippen molar-refractivity contribution in [2.24, 2.45) is 5.92 Å². The Kier molecular flexibility index (Phi) is 5.69. The Morgan fingerprint density at radius 1 is 1.19 bits per heavy atom. The number of hydrogen-bond donors (Lipinski definition) is 1. The van der Waals surface area contributed by atoms with Crippen LogP contribution in [0.4, 0.5) is 16.2 Å². The second-order valence-corrected chi connectivity index (χ2v) is 8.47. The van der Waals surface area contributed by atoms with E-state index in [1.165, 1.54) is 0 Å². The zero-order valence-electron chi connectivity index (χ0n) is 16.9. The van der Waals surface area contributed by atoms with Gasteiger partial charge in [0.2, 0.25) is 0 Å². The molecule has 27 heavy (non-hydrogen) atoms. The Morgan fingerprint density at radius 2 is 1.85 bits per heavy atom. The van der Waals surface area contributed by atoms with E-state index in [1.807, 2.05) is 32.9 Å². The summed E-state index contributed by atoms with van der Waals surface area (Å²) >= 11 is 0. The van der Waals surface area contributed by atoms with Crippen molar-refractivity contribution in [1.82, 2.24) is 9.80 Å². The van der Waals surface area contributed by atoms with Gasteiger partial charge in [-0.05, 0) is 32.9 Å². The molecule has 0 unspecified atom stereocenters. The number of ether oxygens (including phenoxy) is 2. The highest BCUT2D eigenvalue weighted by Crippen LogP contribution is 2.28. The molecule has 7 nitrogen and oxygen atoms in total. The molecule has 1 aromatic carbocycles. The van der Waals surface area contributed by atoms with E-state index in [1.54, 1.807) is 12.0 Å². The molecule has 0 aliphatic carbocycles. The first-order chi connectivity index (χ1) is 12.7. The molecule has 2 heterocycles. The largest absolute Gasteiger partial charge is 0.495 e. The van der Waals surface area contributed by atoms with Gasteiger partial charge in [0.15, 0.2) is 0 Å². The predicted molar refractivity (Wildman–Crippen MR) is 107 cm³/mol. The molecular formula is C20H32N4O3. The third-order valence-electron chi connectivity index (χ3n) is 5.08. The van der Waals surface area contributed by atoms with E-state index in [0.29, 0.717) is 11.6 Å². The van der Waals surface area contributed by atoms with Crippen LogP contribution in [0.5, 0.6) is 5.75 Å². The average molecular weight is 377 g/mol. The zero-order chi connectivity index (χ0) is 19.6. The molecule has 0 spiro atoms. The number of piperazine rings is 1. The molecule has 2 aliphatic rings. The number of nitrogens with two attached hydrogens (primary N) is 1. The highest BCUT2D eigenvalue weighted by Gasteiger charge is 2.35. The number of nitrogen functional groups attached to an aromatic ring is 1. The lowest BCUT2D eigenvalue weighted by Gasteiger charge is -2.44. The summed E-state index contributed by atoms with van der Waals surface area (Å²) < 4.78 is 10.7. The maximum Gasteiger partial charge on any atom is 0.410 e. The fourth-order valence-corrected chi connectivity index (χ4v) is 3.61. The molecular weight excluding hydrogens is 344 g/mol. The van der Waals surface area contributed by atoms with Crippen LogP contribution in [-0.2, 0) is 4.74 Å². The van der Waals surface area contributed by atoms with Gasteiger partial charge in [0.1, 0.15) is 11.4 Å². The van der Waals surface area contributed by atoms with Crippen LogP contribution in [0.3, 0.4) is 0 Å². The Hall–Kier alpha value is -2.15. The Balaban J connectivity index is 1.41. The Morgan fingerprint density at radius 3 is 2.44 bits per heavy atom. The molecule has 2 fully saturated rings. The monoisotopic (exact) mass is 376 g/mol. The first kappa shape index (κ1) is 19.6.